The fourth-order valence-corrected chi connectivity index (χ4v) is 2.19. The average Bonchev–Trinajstić information content (AvgIpc) is 2.20. The molecule has 3 aliphatic rings. The molecule has 0 aromatic rings. The molecule has 9 heavy (non-hydrogen) atoms. The predicted octanol–water partition coefficient (Wildman–Crippen LogP) is 1.49. The van der Waals surface area contributed by atoms with E-state index in [4.69, 9.17) is 0 Å². The van der Waals surface area contributed by atoms with Gasteiger partial charge in [-0.2, -0.15) is 0 Å². The summed E-state index contributed by atoms with van der Waals surface area (Å²) < 4.78 is 0. The van der Waals surface area contributed by atoms with E-state index >= 15 is 0 Å². The zero-order valence-corrected chi connectivity index (χ0v) is 6.14. The zero-order chi connectivity index (χ0) is 6.27. The van der Waals surface area contributed by atoms with Gasteiger partial charge in [-0.1, -0.05) is 6.92 Å². The molecule has 0 amide bonds. The van der Waals surface area contributed by atoms with Crippen LogP contribution in [0.4, 0.5) is 0 Å². The van der Waals surface area contributed by atoms with Crippen molar-refractivity contribution in [3.05, 3.63) is 0 Å². The average molecular weight is 125 g/mol. The molecule has 1 nitrogen and oxygen atoms in total. The molecule has 0 N–H and O–H groups in total. The second-order valence-electron chi connectivity index (χ2n) is 3.49. The van der Waals surface area contributed by atoms with E-state index in [1.807, 2.05) is 0 Å². The highest BCUT2D eigenvalue weighted by molar-refractivity contribution is 4.96. The summed E-state index contributed by atoms with van der Waals surface area (Å²) in [6.45, 7) is 5.04. The molecular weight excluding hydrogens is 110 g/mol. The largest absolute Gasteiger partial charge is 0.300 e. The molecule has 2 saturated heterocycles. The standard InChI is InChI=1S/C8H15N/c1-2-3-9-6-7-4-8(9)5-7/h7-8H,2-6H2,1H3. The van der Waals surface area contributed by atoms with Crippen molar-refractivity contribution < 1.29 is 0 Å². The maximum Gasteiger partial charge on any atom is 0.0102 e. The molecule has 0 aromatic carbocycles. The molecule has 1 saturated carbocycles. The van der Waals surface area contributed by atoms with Crippen LogP contribution in [0.2, 0.25) is 0 Å². The molecule has 3 fully saturated rings. The van der Waals surface area contributed by atoms with Crippen LogP contribution in [0, 0.1) is 5.92 Å². The van der Waals surface area contributed by atoms with Gasteiger partial charge in [-0.3, -0.25) is 0 Å². The van der Waals surface area contributed by atoms with Gasteiger partial charge in [-0.05, 0) is 31.7 Å². The highest BCUT2D eigenvalue weighted by Gasteiger charge is 2.41. The molecule has 0 spiro atoms. The zero-order valence-electron chi connectivity index (χ0n) is 6.14. The fraction of sp³-hybridized carbons (Fsp3) is 1.00. The summed E-state index contributed by atoms with van der Waals surface area (Å²) in [5, 5.41) is 0. The van der Waals surface area contributed by atoms with Crippen molar-refractivity contribution >= 4 is 0 Å². The Labute approximate surface area is 57.0 Å². The van der Waals surface area contributed by atoms with Gasteiger partial charge in [0.2, 0.25) is 0 Å². The second kappa shape index (κ2) is 1.98. The molecule has 2 aliphatic heterocycles. The first-order valence-corrected chi connectivity index (χ1v) is 4.14. The third-order valence-corrected chi connectivity index (χ3v) is 2.73. The van der Waals surface area contributed by atoms with Crippen molar-refractivity contribution in [2.24, 2.45) is 5.92 Å². The lowest BCUT2D eigenvalue weighted by molar-refractivity contribution is 0.247. The Morgan fingerprint density at radius 1 is 1.44 bits per heavy atom. The van der Waals surface area contributed by atoms with Crippen molar-refractivity contribution in [3.8, 4) is 0 Å². The van der Waals surface area contributed by atoms with Crippen LogP contribution in [0.3, 0.4) is 0 Å². The second-order valence-corrected chi connectivity index (χ2v) is 3.49. The summed E-state index contributed by atoms with van der Waals surface area (Å²) in [7, 11) is 0. The molecule has 0 atom stereocenters. The van der Waals surface area contributed by atoms with E-state index in [2.05, 4.69) is 11.8 Å². The third-order valence-electron chi connectivity index (χ3n) is 2.73. The third kappa shape index (κ3) is 0.787. The molecule has 2 bridgehead atoms. The lowest BCUT2D eigenvalue weighted by Crippen LogP contribution is -2.29. The Kier molecular flexibility index (Phi) is 1.26. The Bertz CT molecular complexity index is 105. The Balaban J connectivity index is 1.86. The van der Waals surface area contributed by atoms with Crippen molar-refractivity contribution in [1.29, 1.82) is 0 Å². The molecule has 1 aliphatic carbocycles. The normalized spacial score (nSPS) is 41.0. The number of hydrogen-bond donors (Lipinski definition) is 0. The van der Waals surface area contributed by atoms with Gasteiger partial charge < -0.3 is 4.90 Å². The van der Waals surface area contributed by atoms with Gasteiger partial charge in [-0.25, -0.2) is 0 Å². The maximum atomic E-state index is 2.66. The van der Waals surface area contributed by atoms with Crippen LogP contribution in [-0.4, -0.2) is 24.0 Å². The van der Waals surface area contributed by atoms with Crippen LogP contribution in [-0.2, 0) is 0 Å². The van der Waals surface area contributed by atoms with Crippen LogP contribution < -0.4 is 0 Å². The SMILES string of the molecule is CCCN1CC2CC1C2. The summed E-state index contributed by atoms with van der Waals surface area (Å²) in [4.78, 5) is 2.66. The van der Waals surface area contributed by atoms with Gasteiger partial charge in [0.15, 0.2) is 0 Å². The number of hydrogen-bond acceptors (Lipinski definition) is 1. The van der Waals surface area contributed by atoms with E-state index in [1.54, 1.807) is 0 Å². The Morgan fingerprint density at radius 3 is 2.67 bits per heavy atom. The molecule has 0 radical (unpaired) electrons. The lowest BCUT2D eigenvalue weighted by Gasteiger charge is -2.25. The minimum atomic E-state index is 1.01. The molecule has 2 heterocycles. The molecule has 1 heteroatoms. The Hall–Kier alpha value is -0.0400. The maximum absolute atomic E-state index is 2.66. The predicted molar refractivity (Wildman–Crippen MR) is 38.4 cm³/mol. The highest BCUT2D eigenvalue weighted by atomic mass is 15.2. The quantitative estimate of drug-likeness (QED) is 0.540. The first-order valence-electron chi connectivity index (χ1n) is 4.14. The smallest absolute Gasteiger partial charge is 0.0102 e. The van der Waals surface area contributed by atoms with Crippen molar-refractivity contribution in [2.75, 3.05) is 13.1 Å². The molecule has 0 aromatic heterocycles. The first kappa shape index (κ1) is 5.72. The van der Waals surface area contributed by atoms with E-state index in [1.165, 1.54) is 32.4 Å². The number of nitrogens with zero attached hydrogens (tertiary/aromatic N) is 1. The van der Waals surface area contributed by atoms with Crippen LogP contribution in [0.5, 0.6) is 0 Å². The minimum absolute atomic E-state index is 1.01. The summed E-state index contributed by atoms with van der Waals surface area (Å²) in [5.74, 6) is 1.10. The van der Waals surface area contributed by atoms with Crippen molar-refractivity contribution in [2.45, 2.75) is 32.2 Å². The van der Waals surface area contributed by atoms with Gasteiger partial charge in [0, 0.05) is 12.6 Å². The van der Waals surface area contributed by atoms with Gasteiger partial charge in [0.05, 0.1) is 0 Å². The van der Waals surface area contributed by atoms with Crippen LogP contribution in [0.1, 0.15) is 26.2 Å². The van der Waals surface area contributed by atoms with Gasteiger partial charge in [0.1, 0.15) is 0 Å². The first-order chi connectivity index (χ1) is 4.40. The van der Waals surface area contributed by atoms with E-state index in [0.717, 1.165) is 12.0 Å². The molecular formula is C8H15N. The summed E-state index contributed by atoms with van der Waals surface area (Å²) in [6.07, 6.45) is 4.36. The Morgan fingerprint density at radius 2 is 2.22 bits per heavy atom. The highest BCUT2D eigenvalue weighted by Crippen LogP contribution is 2.40. The number of fused-ring (bicyclic) bond motifs is 1. The van der Waals surface area contributed by atoms with E-state index in [0.29, 0.717) is 0 Å². The van der Waals surface area contributed by atoms with Crippen LogP contribution >= 0.6 is 0 Å². The molecule has 0 unspecified atom stereocenters. The summed E-state index contributed by atoms with van der Waals surface area (Å²) in [5.41, 5.74) is 0. The number of rotatable bonds is 2. The van der Waals surface area contributed by atoms with E-state index in [-0.39, 0.29) is 0 Å². The minimum Gasteiger partial charge on any atom is -0.300 e. The van der Waals surface area contributed by atoms with Crippen LogP contribution in [0.15, 0.2) is 0 Å². The molecule has 3 rings (SSSR count). The van der Waals surface area contributed by atoms with E-state index in [9.17, 15) is 0 Å². The van der Waals surface area contributed by atoms with Gasteiger partial charge in [0.25, 0.3) is 0 Å². The summed E-state index contributed by atoms with van der Waals surface area (Å²) >= 11 is 0. The molecule has 52 valence electrons. The van der Waals surface area contributed by atoms with Crippen LogP contribution in [0.25, 0.3) is 0 Å². The van der Waals surface area contributed by atoms with Crippen molar-refractivity contribution in [3.63, 3.8) is 0 Å². The van der Waals surface area contributed by atoms with Gasteiger partial charge in [-0.15, -0.1) is 0 Å². The van der Waals surface area contributed by atoms with Crippen molar-refractivity contribution in [1.82, 2.24) is 4.90 Å². The lowest BCUT2D eigenvalue weighted by atomic mass is 9.86. The summed E-state index contributed by atoms with van der Waals surface area (Å²) in [6, 6.07) is 1.01. The topological polar surface area (TPSA) is 3.24 Å². The van der Waals surface area contributed by atoms with E-state index < -0.39 is 0 Å². The fourth-order valence-electron chi connectivity index (χ4n) is 2.19. The van der Waals surface area contributed by atoms with Gasteiger partial charge >= 0.3 is 0 Å². The monoisotopic (exact) mass is 125 g/mol.